The number of carbonyl (C=O) groups excluding carboxylic acids is 1. The quantitative estimate of drug-likeness (QED) is 0.547. The van der Waals surface area contributed by atoms with E-state index in [0.29, 0.717) is 30.4 Å². The SMILES string of the molecule is CC1(C)CCc2c(C(=O)Nc3cnn(C(c4ccccc4)C4CCN(O)CC4)c3)n[nH]c2C1. The predicted molar refractivity (Wildman–Crippen MR) is 125 cm³/mol. The number of nitrogens with one attached hydrogen (secondary N) is 2. The van der Waals surface area contributed by atoms with Gasteiger partial charge in [-0.2, -0.15) is 15.3 Å². The Kier molecular flexibility index (Phi) is 5.80. The van der Waals surface area contributed by atoms with Gasteiger partial charge in [0, 0.05) is 30.5 Å². The number of nitrogens with zero attached hydrogens (tertiary/aromatic N) is 4. The maximum absolute atomic E-state index is 13.0. The molecule has 8 heteroatoms. The van der Waals surface area contributed by atoms with Crippen LogP contribution in [0.15, 0.2) is 42.7 Å². The Balaban J connectivity index is 1.35. The van der Waals surface area contributed by atoms with Gasteiger partial charge < -0.3 is 10.5 Å². The summed E-state index contributed by atoms with van der Waals surface area (Å²) in [6, 6.07) is 10.4. The number of fused-ring (bicyclic) bond motifs is 1. The molecule has 8 nitrogen and oxygen atoms in total. The normalized spacial score (nSPS) is 19.7. The van der Waals surface area contributed by atoms with Crippen molar-refractivity contribution in [2.24, 2.45) is 11.3 Å². The van der Waals surface area contributed by atoms with E-state index in [0.717, 1.165) is 43.4 Å². The molecule has 1 unspecified atom stereocenters. The van der Waals surface area contributed by atoms with Gasteiger partial charge in [-0.05, 0) is 49.0 Å². The Labute approximate surface area is 194 Å². The molecule has 5 rings (SSSR count). The Hall–Kier alpha value is -2.97. The number of hydrogen-bond donors (Lipinski definition) is 3. The van der Waals surface area contributed by atoms with Gasteiger partial charge >= 0.3 is 0 Å². The number of carbonyl (C=O) groups is 1. The number of benzene rings is 1. The van der Waals surface area contributed by atoms with Gasteiger partial charge in [0.2, 0.25) is 0 Å². The second-order valence-corrected chi connectivity index (χ2v) is 10.2. The number of aromatic amines is 1. The van der Waals surface area contributed by atoms with Crippen LogP contribution in [0.4, 0.5) is 5.69 Å². The van der Waals surface area contributed by atoms with Gasteiger partial charge in [0.1, 0.15) is 0 Å². The summed E-state index contributed by atoms with van der Waals surface area (Å²) >= 11 is 0. The third kappa shape index (κ3) is 4.58. The molecule has 2 aromatic heterocycles. The fraction of sp³-hybridized carbons (Fsp3) is 0.480. The lowest BCUT2D eigenvalue weighted by Gasteiger charge is -2.33. The Morgan fingerprint density at radius 3 is 2.76 bits per heavy atom. The fourth-order valence-corrected chi connectivity index (χ4v) is 5.27. The van der Waals surface area contributed by atoms with E-state index in [1.807, 2.05) is 29.1 Å². The molecule has 1 saturated heterocycles. The maximum atomic E-state index is 13.0. The second-order valence-electron chi connectivity index (χ2n) is 10.2. The molecule has 1 aliphatic heterocycles. The lowest BCUT2D eigenvalue weighted by atomic mass is 9.76. The van der Waals surface area contributed by atoms with E-state index in [2.05, 4.69) is 46.6 Å². The summed E-state index contributed by atoms with van der Waals surface area (Å²) in [6.45, 7) is 5.80. The van der Waals surface area contributed by atoms with Crippen LogP contribution in [0.3, 0.4) is 0 Å². The van der Waals surface area contributed by atoms with Crippen LogP contribution < -0.4 is 5.32 Å². The fourth-order valence-electron chi connectivity index (χ4n) is 5.27. The second kappa shape index (κ2) is 8.76. The number of hydroxylamine groups is 2. The number of hydrogen-bond acceptors (Lipinski definition) is 5. The van der Waals surface area contributed by atoms with Crippen molar-refractivity contribution in [3.8, 4) is 0 Å². The molecule has 1 aliphatic carbocycles. The Morgan fingerprint density at radius 1 is 1.24 bits per heavy atom. The van der Waals surface area contributed by atoms with Gasteiger partial charge in [-0.1, -0.05) is 44.2 Å². The van der Waals surface area contributed by atoms with E-state index in [4.69, 9.17) is 0 Å². The van der Waals surface area contributed by atoms with Crippen LogP contribution in [0.2, 0.25) is 0 Å². The number of piperidine rings is 1. The maximum Gasteiger partial charge on any atom is 0.276 e. The van der Waals surface area contributed by atoms with Crippen LogP contribution in [0.25, 0.3) is 0 Å². The summed E-state index contributed by atoms with van der Waals surface area (Å²) in [5.41, 5.74) is 4.67. The van der Waals surface area contributed by atoms with Gasteiger partial charge in [-0.3, -0.25) is 14.6 Å². The van der Waals surface area contributed by atoms with E-state index in [-0.39, 0.29) is 17.4 Å². The first-order chi connectivity index (χ1) is 15.9. The van der Waals surface area contributed by atoms with Crippen LogP contribution in [-0.2, 0) is 12.8 Å². The summed E-state index contributed by atoms with van der Waals surface area (Å²) in [5, 5.41) is 26.2. The first kappa shape index (κ1) is 21.9. The number of rotatable bonds is 5. The molecular weight excluding hydrogens is 416 g/mol. The van der Waals surface area contributed by atoms with Crippen molar-refractivity contribution in [1.82, 2.24) is 25.0 Å². The molecule has 1 amide bonds. The van der Waals surface area contributed by atoms with Crippen LogP contribution in [0.1, 0.15) is 66.5 Å². The number of aromatic nitrogens is 4. The predicted octanol–water partition coefficient (Wildman–Crippen LogP) is 4.06. The van der Waals surface area contributed by atoms with Gasteiger partial charge in [0.15, 0.2) is 5.69 Å². The molecule has 1 fully saturated rings. The summed E-state index contributed by atoms with van der Waals surface area (Å²) in [6.07, 6.45) is 8.19. The average Bonchev–Trinajstić information content (AvgIpc) is 3.42. The van der Waals surface area contributed by atoms with Crippen LogP contribution in [0, 0.1) is 11.3 Å². The molecule has 33 heavy (non-hydrogen) atoms. The first-order valence-corrected chi connectivity index (χ1v) is 11.8. The highest BCUT2D eigenvalue weighted by Gasteiger charge is 2.32. The Bertz CT molecular complexity index is 1110. The molecule has 0 spiro atoms. The van der Waals surface area contributed by atoms with Crippen molar-refractivity contribution < 1.29 is 10.0 Å². The van der Waals surface area contributed by atoms with Gasteiger partial charge in [0.05, 0.1) is 17.9 Å². The molecule has 0 bridgehead atoms. The zero-order valence-electron chi connectivity index (χ0n) is 19.3. The molecule has 0 saturated carbocycles. The van der Waals surface area contributed by atoms with E-state index in [9.17, 15) is 10.0 Å². The minimum Gasteiger partial charge on any atom is -0.318 e. The summed E-state index contributed by atoms with van der Waals surface area (Å²) in [5.74, 6) is 0.151. The van der Waals surface area contributed by atoms with E-state index >= 15 is 0 Å². The van der Waals surface area contributed by atoms with Crippen LogP contribution >= 0.6 is 0 Å². The molecule has 3 heterocycles. The van der Waals surface area contributed by atoms with Gasteiger partial charge in [-0.15, -0.1) is 0 Å². The first-order valence-electron chi connectivity index (χ1n) is 11.8. The van der Waals surface area contributed by atoms with E-state index in [1.54, 1.807) is 6.20 Å². The topological polar surface area (TPSA) is 99.1 Å². The number of amides is 1. The lowest BCUT2D eigenvalue weighted by molar-refractivity contribution is -0.114. The summed E-state index contributed by atoms with van der Waals surface area (Å²) in [4.78, 5) is 13.0. The zero-order valence-corrected chi connectivity index (χ0v) is 19.3. The van der Waals surface area contributed by atoms with Crippen LogP contribution in [-0.4, -0.2) is 49.2 Å². The third-order valence-corrected chi connectivity index (χ3v) is 7.12. The Morgan fingerprint density at radius 2 is 2.00 bits per heavy atom. The highest BCUT2D eigenvalue weighted by Crippen LogP contribution is 2.36. The van der Waals surface area contributed by atoms with Gasteiger partial charge in [-0.25, -0.2) is 0 Å². The monoisotopic (exact) mass is 448 g/mol. The summed E-state index contributed by atoms with van der Waals surface area (Å²) < 4.78 is 1.95. The minimum atomic E-state index is -0.198. The van der Waals surface area contributed by atoms with Crippen molar-refractivity contribution in [3.63, 3.8) is 0 Å². The molecule has 1 atom stereocenters. The van der Waals surface area contributed by atoms with Crippen LogP contribution in [0.5, 0.6) is 0 Å². The highest BCUT2D eigenvalue weighted by molar-refractivity contribution is 6.03. The molecule has 0 radical (unpaired) electrons. The van der Waals surface area contributed by atoms with Crippen molar-refractivity contribution in [2.45, 2.75) is 52.0 Å². The zero-order chi connectivity index (χ0) is 23.0. The highest BCUT2D eigenvalue weighted by atomic mass is 16.5. The average molecular weight is 449 g/mol. The number of H-pyrrole nitrogens is 1. The largest absolute Gasteiger partial charge is 0.318 e. The van der Waals surface area contributed by atoms with Crippen molar-refractivity contribution in [1.29, 1.82) is 0 Å². The number of anilines is 1. The standard InChI is InChI=1S/C25H32N6O2/c1-25(2)11-8-20-21(14-25)28-29-22(20)24(32)27-19-15-26-31(16-19)23(17-6-4-3-5-7-17)18-9-12-30(33)13-10-18/h3-7,15-16,18,23,33H,8-14H2,1-2H3,(H,27,32)(H,28,29). The van der Waals surface area contributed by atoms with Crippen molar-refractivity contribution in [2.75, 3.05) is 18.4 Å². The van der Waals surface area contributed by atoms with E-state index in [1.165, 1.54) is 10.6 Å². The third-order valence-electron chi connectivity index (χ3n) is 7.12. The molecule has 3 aromatic rings. The van der Waals surface area contributed by atoms with Crippen molar-refractivity contribution >= 4 is 11.6 Å². The minimum absolute atomic E-state index is 0.0472. The van der Waals surface area contributed by atoms with Gasteiger partial charge in [0.25, 0.3) is 5.91 Å². The van der Waals surface area contributed by atoms with E-state index < -0.39 is 0 Å². The lowest BCUT2D eigenvalue weighted by Crippen LogP contribution is -2.35. The molecule has 1 aromatic carbocycles. The smallest absolute Gasteiger partial charge is 0.276 e. The molecule has 174 valence electrons. The van der Waals surface area contributed by atoms with Crippen molar-refractivity contribution in [3.05, 3.63) is 65.2 Å². The summed E-state index contributed by atoms with van der Waals surface area (Å²) in [7, 11) is 0. The molecule has 3 N–H and O–H groups in total. The molecular formula is C25H32N6O2. The molecule has 2 aliphatic rings.